The second kappa shape index (κ2) is 9.27. The molecule has 1 heterocycles. The van der Waals surface area contributed by atoms with Gasteiger partial charge < -0.3 is 15.4 Å². The van der Waals surface area contributed by atoms with Crippen molar-refractivity contribution in [2.75, 3.05) is 23.8 Å². The Morgan fingerprint density at radius 1 is 0.903 bits per heavy atom. The van der Waals surface area contributed by atoms with E-state index in [1.54, 1.807) is 25.1 Å². The number of benzene rings is 3. The van der Waals surface area contributed by atoms with Crippen LogP contribution in [0.4, 0.5) is 20.2 Å². The molecular formula is C25H24F2N2O2. The molecule has 0 unspecified atom stereocenters. The van der Waals surface area contributed by atoms with E-state index in [1.165, 1.54) is 18.2 Å². The topological polar surface area (TPSA) is 50.4 Å². The lowest BCUT2D eigenvalue weighted by Gasteiger charge is -2.24. The van der Waals surface area contributed by atoms with Crippen LogP contribution < -0.4 is 10.6 Å². The standard InChI is InChI=1S/C25H24F2N2O2/c1-16-14-18(26)3-9-22(16)23-8-2-17(15-24(23)27)25(30)29-20-6-4-19(5-7-20)28-21-10-12-31-13-11-21/h2-9,14-15,21,28H,10-13H2,1H3,(H,29,30). The van der Waals surface area contributed by atoms with Crippen molar-refractivity contribution in [2.24, 2.45) is 0 Å². The molecule has 1 aliphatic heterocycles. The summed E-state index contributed by atoms with van der Waals surface area (Å²) >= 11 is 0. The molecule has 3 aromatic carbocycles. The highest BCUT2D eigenvalue weighted by molar-refractivity contribution is 6.04. The fourth-order valence-corrected chi connectivity index (χ4v) is 3.73. The third-order valence-electron chi connectivity index (χ3n) is 5.44. The molecule has 0 spiro atoms. The largest absolute Gasteiger partial charge is 0.382 e. The van der Waals surface area contributed by atoms with E-state index < -0.39 is 11.7 Å². The SMILES string of the molecule is Cc1cc(F)ccc1-c1ccc(C(=O)Nc2ccc(NC3CCOCC3)cc2)cc1F. The second-order valence-electron chi connectivity index (χ2n) is 7.72. The minimum absolute atomic E-state index is 0.213. The average molecular weight is 422 g/mol. The first-order valence-corrected chi connectivity index (χ1v) is 10.3. The minimum atomic E-state index is -0.529. The van der Waals surface area contributed by atoms with Gasteiger partial charge in [-0.25, -0.2) is 8.78 Å². The molecule has 0 aliphatic carbocycles. The third-order valence-corrected chi connectivity index (χ3v) is 5.44. The first kappa shape index (κ1) is 21.0. The van der Waals surface area contributed by atoms with Gasteiger partial charge in [0.15, 0.2) is 0 Å². The Bertz CT molecular complexity index is 1080. The summed E-state index contributed by atoms with van der Waals surface area (Å²) in [7, 11) is 0. The van der Waals surface area contributed by atoms with Gasteiger partial charge in [-0.15, -0.1) is 0 Å². The molecule has 160 valence electrons. The quantitative estimate of drug-likeness (QED) is 0.548. The summed E-state index contributed by atoms with van der Waals surface area (Å²) in [6, 6.07) is 16.3. The number of anilines is 2. The summed E-state index contributed by atoms with van der Waals surface area (Å²) in [6.45, 7) is 3.25. The Morgan fingerprint density at radius 2 is 1.58 bits per heavy atom. The lowest BCUT2D eigenvalue weighted by Crippen LogP contribution is -2.27. The lowest BCUT2D eigenvalue weighted by molar-refractivity contribution is 0.0904. The maximum atomic E-state index is 14.7. The molecule has 0 aromatic heterocycles. The Kier molecular flexibility index (Phi) is 6.28. The van der Waals surface area contributed by atoms with Crippen LogP contribution in [0.5, 0.6) is 0 Å². The fourth-order valence-electron chi connectivity index (χ4n) is 3.73. The van der Waals surface area contributed by atoms with Gasteiger partial charge in [0.1, 0.15) is 11.6 Å². The van der Waals surface area contributed by atoms with Crippen molar-refractivity contribution in [1.82, 2.24) is 0 Å². The Labute approximate surface area is 180 Å². The molecule has 1 saturated heterocycles. The van der Waals surface area contributed by atoms with Crippen molar-refractivity contribution >= 4 is 17.3 Å². The molecule has 1 fully saturated rings. The van der Waals surface area contributed by atoms with Gasteiger partial charge in [0, 0.05) is 41.8 Å². The van der Waals surface area contributed by atoms with Gasteiger partial charge in [0.05, 0.1) is 0 Å². The number of aryl methyl sites for hydroxylation is 1. The van der Waals surface area contributed by atoms with Gasteiger partial charge in [-0.2, -0.15) is 0 Å². The normalized spacial score (nSPS) is 14.3. The molecule has 0 bridgehead atoms. The number of carbonyl (C=O) groups excluding carboxylic acids is 1. The van der Waals surface area contributed by atoms with Crippen LogP contribution in [0.2, 0.25) is 0 Å². The molecule has 1 aliphatic rings. The van der Waals surface area contributed by atoms with Gasteiger partial charge in [-0.1, -0.05) is 12.1 Å². The molecule has 3 aromatic rings. The molecule has 31 heavy (non-hydrogen) atoms. The highest BCUT2D eigenvalue weighted by atomic mass is 19.1. The molecule has 0 atom stereocenters. The molecule has 4 rings (SSSR count). The molecule has 0 radical (unpaired) electrons. The van der Waals surface area contributed by atoms with Crippen LogP contribution in [0.1, 0.15) is 28.8 Å². The molecule has 4 nitrogen and oxygen atoms in total. The number of hydrogen-bond donors (Lipinski definition) is 2. The number of ether oxygens (including phenoxy) is 1. The van der Waals surface area contributed by atoms with Crippen LogP contribution in [0.15, 0.2) is 60.7 Å². The van der Waals surface area contributed by atoms with Crippen molar-refractivity contribution in [2.45, 2.75) is 25.8 Å². The van der Waals surface area contributed by atoms with Crippen LogP contribution in [0.3, 0.4) is 0 Å². The Balaban J connectivity index is 1.43. The number of amides is 1. The van der Waals surface area contributed by atoms with Crippen LogP contribution >= 0.6 is 0 Å². The highest BCUT2D eigenvalue weighted by Gasteiger charge is 2.15. The zero-order valence-corrected chi connectivity index (χ0v) is 17.3. The van der Waals surface area contributed by atoms with Crippen molar-refractivity contribution in [1.29, 1.82) is 0 Å². The Morgan fingerprint density at radius 3 is 2.26 bits per heavy atom. The molecular weight excluding hydrogens is 398 g/mol. The van der Waals surface area contributed by atoms with Crippen molar-refractivity contribution < 1.29 is 18.3 Å². The predicted octanol–water partition coefficient (Wildman–Crippen LogP) is 5.78. The minimum Gasteiger partial charge on any atom is -0.382 e. The molecule has 2 N–H and O–H groups in total. The van der Waals surface area contributed by atoms with E-state index in [4.69, 9.17) is 4.74 Å². The summed E-state index contributed by atoms with van der Waals surface area (Å²) in [5, 5.41) is 6.26. The van der Waals surface area contributed by atoms with E-state index in [-0.39, 0.29) is 11.4 Å². The first-order valence-electron chi connectivity index (χ1n) is 10.3. The van der Waals surface area contributed by atoms with Crippen LogP contribution in [-0.2, 0) is 4.74 Å². The maximum absolute atomic E-state index is 14.7. The zero-order chi connectivity index (χ0) is 21.8. The number of rotatable bonds is 5. The van der Waals surface area contributed by atoms with E-state index in [0.717, 1.165) is 31.7 Å². The monoisotopic (exact) mass is 422 g/mol. The molecule has 6 heteroatoms. The molecule has 1 amide bonds. The van der Waals surface area contributed by atoms with E-state index in [0.29, 0.717) is 28.4 Å². The van der Waals surface area contributed by atoms with Gasteiger partial charge in [0.2, 0.25) is 0 Å². The van der Waals surface area contributed by atoms with Crippen molar-refractivity contribution in [3.8, 4) is 11.1 Å². The van der Waals surface area contributed by atoms with Crippen molar-refractivity contribution in [3.05, 3.63) is 83.4 Å². The summed E-state index contributed by atoms with van der Waals surface area (Å²) in [4.78, 5) is 12.6. The average Bonchev–Trinajstić information content (AvgIpc) is 2.76. The number of carbonyl (C=O) groups is 1. The van der Waals surface area contributed by atoms with E-state index in [9.17, 15) is 13.6 Å². The lowest BCUT2D eigenvalue weighted by atomic mass is 9.98. The van der Waals surface area contributed by atoms with Crippen LogP contribution in [0.25, 0.3) is 11.1 Å². The van der Waals surface area contributed by atoms with E-state index >= 15 is 0 Å². The first-order chi connectivity index (χ1) is 15.0. The number of halogens is 2. The van der Waals surface area contributed by atoms with Crippen LogP contribution in [0, 0.1) is 18.6 Å². The number of nitrogens with one attached hydrogen (secondary N) is 2. The van der Waals surface area contributed by atoms with Gasteiger partial charge in [-0.3, -0.25) is 4.79 Å². The fraction of sp³-hybridized carbons (Fsp3) is 0.240. The predicted molar refractivity (Wildman–Crippen MR) is 118 cm³/mol. The van der Waals surface area contributed by atoms with Crippen molar-refractivity contribution in [3.63, 3.8) is 0 Å². The summed E-state index contributed by atoms with van der Waals surface area (Å²) in [5.41, 5.74) is 3.38. The summed E-state index contributed by atoms with van der Waals surface area (Å²) in [5.74, 6) is -1.29. The van der Waals surface area contributed by atoms with Crippen LogP contribution in [-0.4, -0.2) is 25.2 Å². The Hall–Kier alpha value is -3.25. The van der Waals surface area contributed by atoms with Gasteiger partial charge >= 0.3 is 0 Å². The van der Waals surface area contributed by atoms with E-state index in [1.807, 2.05) is 24.3 Å². The van der Waals surface area contributed by atoms with Gasteiger partial charge in [-0.05, 0) is 79.4 Å². The molecule has 0 saturated carbocycles. The third kappa shape index (κ3) is 5.09. The second-order valence-corrected chi connectivity index (χ2v) is 7.72. The smallest absolute Gasteiger partial charge is 0.255 e. The highest BCUT2D eigenvalue weighted by Crippen LogP contribution is 2.28. The zero-order valence-electron chi connectivity index (χ0n) is 17.3. The summed E-state index contributed by atoms with van der Waals surface area (Å²) < 4.78 is 33.4. The maximum Gasteiger partial charge on any atom is 0.255 e. The number of hydrogen-bond acceptors (Lipinski definition) is 3. The van der Waals surface area contributed by atoms with E-state index in [2.05, 4.69) is 10.6 Å². The summed E-state index contributed by atoms with van der Waals surface area (Å²) in [6.07, 6.45) is 1.94. The van der Waals surface area contributed by atoms with Gasteiger partial charge in [0.25, 0.3) is 5.91 Å².